The smallest absolute Gasteiger partial charge is 0.220 e. The van der Waals surface area contributed by atoms with Crippen LogP contribution in [0.5, 0.6) is 0 Å². The minimum Gasteiger partial charge on any atom is -0.352 e. The maximum Gasteiger partial charge on any atom is 0.220 e. The molecule has 1 atom stereocenters. The third kappa shape index (κ3) is 3.52. The minimum absolute atomic E-state index is 0.118. The molecule has 2 aromatic rings. The lowest BCUT2D eigenvalue weighted by Crippen LogP contribution is -2.24. The molecule has 1 aliphatic rings. The number of amides is 1. The van der Waals surface area contributed by atoms with Gasteiger partial charge >= 0.3 is 0 Å². The van der Waals surface area contributed by atoms with Crippen LogP contribution in [0.25, 0.3) is 5.69 Å². The van der Waals surface area contributed by atoms with Crippen molar-refractivity contribution in [1.82, 2.24) is 15.1 Å². The number of carbonyl (C=O) groups is 1. The van der Waals surface area contributed by atoms with E-state index in [-0.39, 0.29) is 5.91 Å². The van der Waals surface area contributed by atoms with Gasteiger partial charge in [-0.25, -0.2) is 4.68 Å². The number of nitrogens with one attached hydrogen (secondary N) is 1. The zero-order valence-electron chi connectivity index (χ0n) is 13.7. The predicted octanol–water partition coefficient (Wildman–Crippen LogP) is 3.46. The van der Waals surface area contributed by atoms with Gasteiger partial charge in [-0.2, -0.15) is 5.10 Å². The van der Waals surface area contributed by atoms with Crippen molar-refractivity contribution >= 4 is 5.91 Å². The predicted molar refractivity (Wildman–Crippen MR) is 91.4 cm³/mol. The molecule has 0 aliphatic heterocycles. The lowest BCUT2D eigenvalue weighted by Gasteiger charge is -2.09. The van der Waals surface area contributed by atoms with Gasteiger partial charge in [0.15, 0.2) is 0 Å². The highest BCUT2D eigenvalue weighted by atomic mass is 16.1. The molecule has 4 heteroatoms. The number of aryl methyl sites for hydroxylation is 1. The molecule has 1 amide bonds. The Morgan fingerprint density at radius 3 is 2.78 bits per heavy atom. The third-order valence-electron chi connectivity index (χ3n) is 4.46. The van der Waals surface area contributed by atoms with E-state index < -0.39 is 0 Å². The summed E-state index contributed by atoms with van der Waals surface area (Å²) in [5.74, 6) is 0.525. The van der Waals surface area contributed by atoms with Crippen LogP contribution in [0.3, 0.4) is 0 Å². The van der Waals surface area contributed by atoms with E-state index in [1.54, 1.807) is 0 Å². The van der Waals surface area contributed by atoms with Gasteiger partial charge in [0.1, 0.15) is 0 Å². The topological polar surface area (TPSA) is 46.9 Å². The standard InChI is InChI=1S/C19H23N3O/c1-14-18(13-20-19(23)12-16-8-6-7-9-16)15(2)22(21-14)17-10-4-3-5-11-17/h3-6,8,10-11,16H,7,9,12-13H2,1-2H3,(H,20,23)/t16-/m0/s1. The number of para-hydroxylation sites is 1. The molecule has 1 heterocycles. The quantitative estimate of drug-likeness (QED) is 0.860. The van der Waals surface area contributed by atoms with Crippen molar-refractivity contribution in [3.8, 4) is 5.69 Å². The lowest BCUT2D eigenvalue weighted by molar-refractivity contribution is -0.121. The van der Waals surface area contributed by atoms with Crippen LogP contribution in [0.2, 0.25) is 0 Å². The van der Waals surface area contributed by atoms with E-state index >= 15 is 0 Å². The summed E-state index contributed by atoms with van der Waals surface area (Å²) >= 11 is 0. The minimum atomic E-state index is 0.118. The summed E-state index contributed by atoms with van der Waals surface area (Å²) in [6.07, 6.45) is 7.10. The fraction of sp³-hybridized carbons (Fsp3) is 0.368. The maximum atomic E-state index is 12.1. The van der Waals surface area contributed by atoms with Crippen LogP contribution in [0.15, 0.2) is 42.5 Å². The molecule has 0 spiro atoms. The summed E-state index contributed by atoms with van der Waals surface area (Å²) < 4.78 is 1.94. The van der Waals surface area contributed by atoms with Crippen molar-refractivity contribution in [3.05, 3.63) is 59.4 Å². The van der Waals surface area contributed by atoms with Crippen molar-refractivity contribution in [2.75, 3.05) is 0 Å². The molecule has 0 saturated heterocycles. The zero-order chi connectivity index (χ0) is 16.2. The Balaban J connectivity index is 1.67. The Hall–Kier alpha value is -2.36. The molecule has 23 heavy (non-hydrogen) atoms. The number of rotatable bonds is 5. The first kappa shape index (κ1) is 15.5. The lowest BCUT2D eigenvalue weighted by atomic mass is 10.0. The number of allylic oxidation sites excluding steroid dienone is 2. The van der Waals surface area contributed by atoms with Gasteiger partial charge in [0.25, 0.3) is 0 Å². The second-order valence-corrected chi connectivity index (χ2v) is 6.14. The van der Waals surface area contributed by atoms with Gasteiger partial charge < -0.3 is 5.32 Å². The van der Waals surface area contributed by atoms with Crippen LogP contribution < -0.4 is 5.32 Å². The molecule has 0 unspecified atom stereocenters. The Bertz CT molecular complexity index is 716. The summed E-state index contributed by atoms with van der Waals surface area (Å²) in [7, 11) is 0. The van der Waals surface area contributed by atoms with Crippen molar-refractivity contribution in [2.45, 2.75) is 39.7 Å². The molecule has 3 rings (SSSR count). The van der Waals surface area contributed by atoms with Crippen LogP contribution in [-0.2, 0) is 11.3 Å². The molecule has 0 radical (unpaired) electrons. The fourth-order valence-electron chi connectivity index (χ4n) is 3.11. The van der Waals surface area contributed by atoms with Crippen molar-refractivity contribution in [2.24, 2.45) is 5.92 Å². The van der Waals surface area contributed by atoms with E-state index in [1.165, 1.54) is 0 Å². The van der Waals surface area contributed by atoms with Gasteiger partial charge in [0.2, 0.25) is 5.91 Å². The summed E-state index contributed by atoms with van der Waals surface area (Å²) in [6, 6.07) is 10.1. The van der Waals surface area contributed by atoms with Crippen molar-refractivity contribution < 1.29 is 4.79 Å². The average molecular weight is 309 g/mol. The van der Waals surface area contributed by atoms with E-state index in [0.717, 1.165) is 35.5 Å². The molecule has 1 aromatic heterocycles. The first-order chi connectivity index (χ1) is 11.1. The van der Waals surface area contributed by atoms with Crippen LogP contribution in [-0.4, -0.2) is 15.7 Å². The molecule has 1 N–H and O–H groups in total. The summed E-state index contributed by atoms with van der Waals surface area (Å²) in [5.41, 5.74) is 4.19. The van der Waals surface area contributed by atoms with Crippen LogP contribution in [0.1, 0.15) is 36.2 Å². The van der Waals surface area contributed by atoms with Crippen molar-refractivity contribution in [1.29, 1.82) is 0 Å². The van der Waals surface area contributed by atoms with E-state index in [4.69, 9.17) is 0 Å². The Labute approximate surface area is 137 Å². The molecule has 1 aliphatic carbocycles. The highest BCUT2D eigenvalue weighted by molar-refractivity contribution is 5.76. The maximum absolute atomic E-state index is 12.1. The number of carbonyl (C=O) groups excluding carboxylic acids is 1. The first-order valence-electron chi connectivity index (χ1n) is 8.19. The highest BCUT2D eigenvalue weighted by Crippen LogP contribution is 2.21. The third-order valence-corrected chi connectivity index (χ3v) is 4.46. The zero-order valence-corrected chi connectivity index (χ0v) is 13.7. The van der Waals surface area contributed by atoms with Crippen molar-refractivity contribution in [3.63, 3.8) is 0 Å². The molecule has 0 fully saturated rings. The molecule has 0 saturated carbocycles. The highest BCUT2D eigenvalue weighted by Gasteiger charge is 2.16. The average Bonchev–Trinajstić information content (AvgIpc) is 3.15. The van der Waals surface area contributed by atoms with Crippen LogP contribution in [0.4, 0.5) is 0 Å². The van der Waals surface area contributed by atoms with Crippen LogP contribution in [0, 0.1) is 19.8 Å². The van der Waals surface area contributed by atoms with E-state index in [9.17, 15) is 4.79 Å². The fourth-order valence-corrected chi connectivity index (χ4v) is 3.11. The summed E-state index contributed by atoms with van der Waals surface area (Å²) in [5, 5.41) is 7.66. The number of hydrogen-bond donors (Lipinski definition) is 1. The van der Waals surface area contributed by atoms with Gasteiger partial charge in [-0.3, -0.25) is 4.79 Å². The van der Waals surface area contributed by atoms with Gasteiger partial charge in [-0.05, 0) is 44.7 Å². The Morgan fingerprint density at radius 1 is 1.30 bits per heavy atom. The molecular weight excluding hydrogens is 286 g/mol. The first-order valence-corrected chi connectivity index (χ1v) is 8.19. The molecule has 1 aromatic carbocycles. The van der Waals surface area contributed by atoms with E-state index in [1.807, 2.05) is 48.9 Å². The van der Waals surface area contributed by atoms with Crippen LogP contribution >= 0.6 is 0 Å². The molecule has 4 nitrogen and oxygen atoms in total. The Morgan fingerprint density at radius 2 is 2.09 bits per heavy atom. The second-order valence-electron chi connectivity index (χ2n) is 6.14. The SMILES string of the molecule is Cc1nn(-c2ccccc2)c(C)c1CNC(=O)C[C@H]1C=CCC1. The van der Waals surface area contributed by atoms with E-state index in [2.05, 4.69) is 22.6 Å². The van der Waals surface area contributed by atoms with Gasteiger partial charge in [-0.15, -0.1) is 0 Å². The summed E-state index contributed by atoms with van der Waals surface area (Å²) in [6.45, 7) is 4.58. The number of aromatic nitrogens is 2. The largest absolute Gasteiger partial charge is 0.352 e. The molecule has 0 bridgehead atoms. The van der Waals surface area contributed by atoms with Gasteiger partial charge in [0.05, 0.1) is 11.4 Å². The number of hydrogen-bond acceptors (Lipinski definition) is 2. The monoisotopic (exact) mass is 309 g/mol. The second kappa shape index (κ2) is 6.82. The Kier molecular flexibility index (Phi) is 4.60. The van der Waals surface area contributed by atoms with Gasteiger partial charge in [-0.1, -0.05) is 30.4 Å². The normalized spacial score (nSPS) is 16.7. The number of benzene rings is 1. The summed E-state index contributed by atoms with van der Waals surface area (Å²) in [4.78, 5) is 12.1. The number of nitrogens with zero attached hydrogens (tertiary/aromatic N) is 2. The molecule has 120 valence electrons. The molecular formula is C19H23N3O. The van der Waals surface area contributed by atoms with Gasteiger partial charge in [0, 0.05) is 24.2 Å². The van der Waals surface area contributed by atoms with E-state index in [0.29, 0.717) is 18.9 Å².